The number of halogens is 3. The molecule has 0 radical (unpaired) electrons. The van der Waals surface area contributed by atoms with E-state index in [0.29, 0.717) is 22.6 Å². The monoisotopic (exact) mass is 454 g/mol. The molecule has 2 aromatic carbocycles. The topological polar surface area (TPSA) is 34.9 Å². The minimum atomic E-state index is -4.43. The maximum atomic E-state index is 13.1. The molecular formula is C25H21F3N2OS. The first-order valence-corrected chi connectivity index (χ1v) is 11.0. The first-order chi connectivity index (χ1) is 15.1. The highest BCUT2D eigenvalue weighted by atomic mass is 32.2. The molecule has 0 atom stereocenters. The maximum absolute atomic E-state index is 13.1. The number of hydrogen-bond donors (Lipinski definition) is 0. The van der Waals surface area contributed by atoms with E-state index in [2.05, 4.69) is 4.98 Å². The number of hydrogen-bond acceptors (Lipinski definition) is 3. The maximum Gasteiger partial charge on any atom is 0.416 e. The van der Waals surface area contributed by atoms with Crippen LogP contribution in [0.1, 0.15) is 32.9 Å². The van der Waals surface area contributed by atoms with E-state index in [-0.39, 0.29) is 11.5 Å². The largest absolute Gasteiger partial charge is 0.416 e. The van der Waals surface area contributed by atoms with Gasteiger partial charge in [0, 0.05) is 28.0 Å². The van der Waals surface area contributed by atoms with Crippen LogP contribution < -0.4 is 0 Å². The number of para-hydroxylation sites is 1. The van der Waals surface area contributed by atoms with Crippen molar-refractivity contribution < 1.29 is 18.0 Å². The predicted octanol–water partition coefficient (Wildman–Crippen LogP) is 6.94. The van der Waals surface area contributed by atoms with Crippen molar-refractivity contribution in [1.29, 1.82) is 0 Å². The van der Waals surface area contributed by atoms with Gasteiger partial charge in [0.1, 0.15) is 0 Å². The molecule has 3 nitrogen and oxygen atoms in total. The number of alkyl halides is 3. The molecule has 0 bridgehead atoms. The third-order valence-electron chi connectivity index (χ3n) is 5.41. The zero-order chi connectivity index (χ0) is 23.0. The Kier molecular flexibility index (Phi) is 5.86. The molecule has 0 aliphatic rings. The van der Waals surface area contributed by atoms with Crippen molar-refractivity contribution in [2.75, 3.05) is 5.75 Å². The zero-order valence-electron chi connectivity index (χ0n) is 17.8. The van der Waals surface area contributed by atoms with E-state index in [4.69, 9.17) is 0 Å². The number of nitrogens with zero attached hydrogens (tertiary/aromatic N) is 2. The first-order valence-electron chi connectivity index (χ1n) is 10.0. The molecule has 4 aromatic rings. The van der Waals surface area contributed by atoms with Gasteiger partial charge in [-0.3, -0.25) is 4.79 Å². The number of benzene rings is 2. The Morgan fingerprint density at radius 2 is 1.75 bits per heavy atom. The van der Waals surface area contributed by atoms with Gasteiger partial charge in [-0.25, -0.2) is 4.98 Å². The number of fused-ring (bicyclic) bond motifs is 1. The first kappa shape index (κ1) is 22.1. The summed E-state index contributed by atoms with van der Waals surface area (Å²) in [5.74, 6) is 0.103. The smallest absolute Gasteiger partial charge is 0.318 e. The molecule has 0 saturated heterocycles. The Bertz CT molecular complexity index is 1320. The van der Waals surface area contributed by atoms with Crippen molar-refractivity contribution in [1.82, 2.24) is 9.55 Å². The van der Waals surface area contributed by atoms with Crippen LogP contribution in [0.15, 0.2) is 65.7 Å². The summed E-state index contributed by atoms with van der Waals surface area (Å²) >= 11 is 1.36. The summed E-state index contributed by atoms with van der Waals surface area (Å²) in [4.78, 5) is 17.6. The molecule has 0 aliphatic heterocycles. The van der Waals surface area contributed by atoms with E-state index < -0.39 is 11.7 Å². The second kappa shape index (κ2) is 8.47. The lowest BCUT2D eigenvalue weighted by Gasteiger charge is -2.13. The average Bonchev–Trinajstić information content (AvgIpc) is 3.05. The van der Waals surface area contributed by atoms with Gasteiger partial charge in [0.05, 0.1) is 21.9 Å². The normalized spacial score (nSPS) is 11.8. The van der Waals surface area contributed by atoms with E-state index in [0.717, 1.165) is 33.6 Å². The van der Waals surface area contributed by atoms with Gasteiger partial charge >= 0.3 is 6.18 Å². The summed E-state index contributed by atoms with van der Waals surface area (Å²) in [6.07, 6.45) is -4.43. The van der Waals surface area contributed by atoms with Crippen LogP contribution in [-0.2, 0) is 6.18 Å². The minimum absolute atomic E-state index is 0.0889. The molecule has 2 heterocycles. The Morgan fingerprint density at radius 3 is 2.50 bits per heavy atom. The summed E-state index contributed by atoms with van der Waals surface area (Å²) in [6, 6.07) is 16.7. The van der Waals surface area contributed by atoms with Gasteiger partial charge in [-0.15, -0.1) is 0 Å². The second-order valence-corrected chi connectivity index (χ2v) is 8.67. The second-order valence-electron chi connectivity index (χ2n) is 7.67. The highest BCUT2D eigenvalue weighted by molar-refractivity contribution is 7.99. The standard InChI is InChI=1S/C25H21F3N2OS/c1-15-11-24(29-22-10-5-4-9-20(15)22)32-14-23(31)21-12-16(2)30(17(21)3)19-8-6-7-18(13-19)25(26,27)28/h4-13H,14H2,1-3H3. The van der Waals surface area contributed by atoms with Crippen molar-refractivity contribution in [2.45, 2.75) is 32.0 Å². The summed E-state index contributed by atoms with van der Waals surface area (Å²) in [7, 11) is 0. The lowest BCUT2D eigenvalue weighted by molar-refractivity contribution is -0.137. The summed E-state index contributed by atoms with van der Waals surface area (Å²) < 4.78 is 41.1. The number of carbonyl (C=O) groups excluding carboxylic acids is 1. The van der Waals surface area contributed by atoms with Crippen LogP contribution in [0.5, 0.6) is 0 Å². The van der Waals surface area contributed by atoms with Gasteiger partial charge in [0.25, 0.3) is 0 Å². The highest BCUT2D eigenvalue weighted by Gasteiger charge is 2.30. The molecule has 32 heavy (non-hydrogen) atoms. The van der Waals surface area contributed by atoms with Crippen LogP contribution in [0.4, 0.5) is 13.2 Å². The van der Waals surface area contributed by atoms with Crippen LogP contribution in [0.25, 0.3) is 16.6 Å². The number of carbonyl (C=O) groups is 1. The lowest BCUT2D eigenvalue weighted by atomic mass is 10.1. The van der Waals surface area contributed by atoms with Crippen LogP contribution in [-0.4, -0.2) is 21.1 Å². The molecule has 0 fully saturated rings. The van der Waals surface area contributed by atoms with Crippen LogP contribution in [0.2, 0.25) is 0 Å². The number of Topliss-reactive ketones (excluding diaryl/α,β-unsaturated/α-hetero) is 1. The fraction of sp³-hybridized carbons (Fsp3) is 0.200. The summed E-state index contributed by atoms with van der Waals surface area (Å²) in [6.45, 7) is 5.55. The van der Waals surface area contributed by atoms with E-state index >= 15 is 0 Å². The van der Waals surface area contributed by atoms with Crippen LogP contribution >= 0.6 is 11.8 Å². The van der Waals surface area contributed by atoms with Crippen molar-refractivity contribution in [3.8, 4) is 5.69 Å². The molecule has 164 valence electrons. The summed E-state index contributed by atoms with van der Waals surface area (Å²) in [5, 5.41) is 1.84. The van der Waals surface area contributed by atoms with Gasteiger partial charge in [-0.05, 0) is 62.7 Å². The fourth-order valence-electron chi connectivity index (χ4n) is 3.87. The zero-order valence-corrected chi connectivity index (χ0v) is 18.6. The number of pyridine rings is 1. The van der Waals surface area contributed by atoms with Crippen molar-refractivity contribution in [3.63, 3.8) is 0 Å². The molecule has 2 aromatic heterocycles. The third kappa shape index (κ3) is 4.30. The van der Waals surface area contributed by atoms with Gasteiger partial charge in [-0.1, -0.05) is 36.0 Å². The third-order valence-corrected chi connectivity index (χ3v) is 6.33. The molecule has 0 N–H and O–H groups in total. The van der Waals surface area contributed by atoms with E-state index in [1.165, 1.54) is 17.8 Å². The Balaban J connectivity index is 1.58. The Hall–Kier alpha value is -3.06. The lowest BCUT2D eigenvalue weighted by Crippen LogP contribution is -2.08. The molecule has 4 rings (SSSR count). The molecule has 0 spiro atoms. The average molecular weight is 455 g/mol. The Morgan fingerprint density at radius 1 is 1.00 bits per heavy atom. The number of rotatable bonds is 5. The molecule has 0 amide bonds. The molecule has 0 aliphatic carbocycles. The van der Waals surface area contributed by atoms with Gasteiger partial charge in [0.2, 0.25) is 0 Å². The van der Waals surface area contributed by atoms with Crippen LogP contribution in [0, 0.1) is 20.8 Å². The number of aryl methyl sites for hydroxylation is 2. The van der Waals surface area contributed by atoms with Gasteiger partial charge in [-0.2, -0.15) is 13.2 Å². The summed E-state index contributed by atoms with van der Waals surface area (Å²) in [5.41, 5.74) is 3.46. The highest BCUT2D eigenvalue weighted by Crippen LogP contribution is 2.32. The van der Waals surface area contributed by atoms with Gasteiger partial charge < -0.3 is 4.57 Å². The van der Waals surface area contributed by atoms with E-state index in [9.17, 15) is 18.0 Å². The van der Waals surface area contributed by atoms with Crippen molar-refractivity contribution in [2.24, 2.45) is 0 Å². The van der Waals surface area contributed by atoms with Crippen LogP contribution in [0.3, 0.4) is 0 Å². The number of ketones is 1. The van der Waals surface area contributed by atoms with Gasteiger partial charge in [0.15, 0.2) is 5.78 Å². The molecule has 0 unspecified atom stereocenters. The van der Waals surface area contributed by atoms with Crippen molar-refractivity contribution in [3.05, 3.63) is 88.7 Å². The number of thioether (sulfide) groups is 1. The Labute approximate surface area is 188 Å². The van der Waals surface area contributed by atoms with Crippen molar-refractivity contribution >= 4 is 28.4 Å². The number of aromatic nitrogens is 2. The van der Waals surface area contributed by atoms with E-state index in [1.54, 1.807) is 30.5 Å². The quantitative estimate of drug-likeness (QED) is 0.242. The molecule has 7 heteroatoms. The minimum Gasteiger partial charge on any atom is -0.318 e. The molecule has 0 saturated carbocycles. The SMILES string of the molecule is Cc1cc(SCC(=O)c2cc(C)n(-c3cccc(C(F)(F)F)c3)c2C)nc2ccccc12. The predicted molar refractivity (Wildman–Crippen MR) is 122 cm³/mol. The molecular weight excluding hydrogens is 433 g/mol. The van der Waals surface area contributed by atoms with E-state index in [1.807, 2.05) is 37.3 Å². The fourth-order valence-corrected chi connectivity index (χ4v) is 4.73.